The minimum absolute atomic E-state index is 0.835. The van der Waals surface area contributed by atoms with Gasteiger partial charge >= 0.3 is 0 Å². The first-order valence-corrected chi connectivity index (χ1v) is 6.11. The lowest BCUT2D eigenvalue weighted by Gasteiger charge is -2.20. The van der Waals surface area contributed by atoms with Crippen LogP contribution in [0.2, 0.25) is 0 Å². The van der Waals surface area contributed by atoms with Crippen molar-refractivity contribution in [2.24, 2.45) is 0 Å². The lowest BCUT2D eigenvalue weighted by Crippen LogP contribution is -2.28. The Morgan fingerprint density at radius 3 is 3.12 bits per heavy atom. The Kier molecular flexibility index (Phi) is 2.88. The third-order valence-electron chi connectivity index (χ3n) is 3.11. The monoisotopic (exact) mass is 228 g/mol. The SMILES string of the molecule is c1cnc2nc(N3CCCNCC3)ccc2c1. The van der Waals surface area contributed by atoms with Gasteiger partial charge in [-0.25, -0.2) is 9.97 Å². The molecule has 0 spiro atoms. The van der Waals surface area contributed by atoms with Crippen molar-refractivity contribution in [3.63, 3.8) is 0 Å². The van der Waals surface area contributed by atoms with Gasteiger partial charge in [0, 0.05) is 31.2 Å². The zero-order chi connectivity index (χ0) is 11.5. The van der Waals surface area contributed by atoms with E-state index >= 15 is 0 Å². The number of anilines is 1. The summed E-state index contributed by atoms with van der Waals surface area (Å²) in [5.74, 6) is 1.04. The lowest BCUT2D eigenvalue weighted by atomic mass is 10.3. The molecule has 1 aliphatic rings. The highest BCUT2D eigenvalue weighted by Crippen LogP contribution is 2.16. The second-order valence-corrected chi connectivity index (χ2v) is 4.31. The molecule has 0 saturated carbocycles. The van der Waals surface area contributed by atoms with Gasteiger partial charge < -0.3 is 10.2 Å². The molecule has 3 heterocycles. The van der Waals surface area contributed by atoms with Gasteiger partial charge in [-0.2, -0.15) is 0 Å². The molecule has 0 aromatic carbocycles. The number of hydrogen-bond acceptors (Lipinski definition) is 4. The maximum atomic E-state index is 4.63. The molecule has 0 radical (unpaired) electrons. The van der Waals surface area contributed by atoms with Crippen LogP contribution in [0.3, 0.4) is 0 Å². The molecule has 88 valence electrons. The normalized spacial score (nSPS) is 17.1. The zero-order valence-electron chi connectivity index (χ0n) is 9.76. The fourth-order valence-electron chi connectivity index (χ4n) is 2.19. The van der Waals surface area contributed by atoms with Gasteiger partial charge in [-0.15, -0.1) is 0 Å². The molecule has 1 fully saturated rings. The van der Waals surface area contributed by atoms with E-state index in [2.05, 4.69) is 32.3 Å². The van der Waals surface area contributed by atoms with Crippen molar-refractivity contribution in [2.45, 2.75) is 6.42 Å². The highest BCUT2D eigenvalue weighted by Gasteiger charge is 2.10. The molecule has 2 aromatic rings. The Balaban J connectivity index is 1.93. The van der Waals surface area contributed by atoms with Crippen LogP contribution in [-0.4, -0.2) is 36.1 Å². The molecular formula is C13H16N4. The first kappa shape index (κ1) is 10.5. The number of pyridine rings is 2. The Bertz CT molecular complexity index is 504. The van der Waals surface area contributed by atoms with Gasteiger partial charge in [-0.05, 0) is 37.2 Å². The van der Waals surface area contributed by atoms with Crippen LogP contribution in [0.5, 0.6) is 0 Å². The van der Waals surface area contributed by atoms with Crippen LogP contribution in [-0.2, 0) is 0 Å². The zero-order valence-corrected chi connectivity index (χ0v) is 9.76. The number of nitrogens with zero attached hydrogens (tertiary/aromatic N) is 3. The van der Waals surface area contributed by atoms with E-state index < -0.39 is 0 Å². The van der Waals surface area contributed by atoms with Crippen LogP contribution in [0.1, 0.15) is 6.42 Å². The predicted octanol–water partition coefficient (Wildman–Crippen LogP) is 1.43. The summed E-state index contributed by atoms with van der Waals surface area (Å²) >= 11 is 0. The molecule has 0 aliphatic carbocycles. The van der Waals surface area contributed by atoms with Crippen LogP contribution < -0.4 is 10.2 Å². The van der Waals surface area contributed by atoms with Gasteiger partial charge in [0.25, 0.3) is 0 Å². The van der Waals surface area contributed by atoms with Gasteiger partial charge in [-0.1, -0.05) is 0 Å². The molecule has 4 heteroatoms. The number of nitrogens with one attached hydrogen (secondary N) is 1. The van der Waals surface area contributed by atoms with E-state index in [9.17, 15) is 0 Å². The molecule has 0 unspecified atom stereocenters. The first-order valence-electron chi connectivity index (χ1n) is 6.11. The fourth-order valence-corrected chi connectivity index (χ4v) is 2.19. The van der Waals surface area contributed by atoms with Crippen LogP contribution in [0.4, 0.5) is 5.82 Å². The molecule has 1 aliphatic heterocycles. The molecule has 3 rings (SSSR count). The summed E-state index contributed by atoms with van der Waals surface area (Å²) in [7, 11) is 0. The van der Waals surface area contributed by atoms with E-state index in [-0.39, 0.29) is 0 Å². The fraction of sp³-hybridized carbons (Fsp3) is 0.385. The Morgan fingerprint density at radius 1 is 1.12 bits per heavy atom. The topological polar surface area (TPSA) is 41.1 Å². The molecule has 0 atom stereocenters. The van der Waals surface area contributed by atoms with E-state index in [1.807, 2.05) is 12.1 Å². The first-order chi connectivity index (χ1) is 8.43. The van der Waals surface area contributed by atoms with E-state index in [0.717, 1.165) is 43.0 Å². The highest BCUT2D eigenvalue weighted by atomic mass is 15.2. The third-order valence-corrected chi connectivity index (χ3v) is 3.11. The van der Waals surface area contributed by atoms with E-state index in [1.54, 1.807) is 6.20 Å². The molecule has 1 N–H and O–H groups in total. The van der Waals surface area contributed by atoms with Crippen LogP contribution in [0.25, 0.3) is 11.0 Å². The summed E-state index contributed by atoms with van der Waals surface area (Å²) in [6.07, 6.45) is 2.96. The Labute approximate surface area is 101 Å². The van der Waals surface area contributed by atoms with Gasteiger partial charge in [0.1, 0.15) is 5.82 Å². The standard InChI is InChI=1S/C13H16N4/c1-3-11-4-5-12(16-13(11)15-7-1)17-9-2-6-14-8-10-17/h1,3-5,7,14H,2,6,8-10H2. The van der Waals surface area contributed by atoms with Gasteiger partial charge in [0.2, 0.25) is 0 Å². The van der Waals surface area contributed by atoms with Crippen LogP contribution in [0, 0.1) is 0 Å². The second-order valence-electron chi connectivity index (χ2n) is 4.31. The van der Waals surface area contributed by atoms with Crippen molar-refractivity contribution < 1.29 is 0 Å². The Morgan fingerprint density at radius 2 is 2.12 bits per heavy atom. The second kappa shape index (κ2) is 4.67. The average molecular weight is 228 g/mol. The van der Waals surface area contributed by atoms with Gasteiger partial charge in [0.15, 0.2) is 5.65 Å². The molecule has 1 saturated heterocycles. The quantitative estimate of drug-likeness (QED) is 0.801. The maximum Gasteiger partial charge on any atom is 0.161 e. The number of fused-ring (bicyclic) bond motifs is 1. The van der Waals surface area contributed by atoms with Crippen molar-refractivity contribution in [3.05, 3.63) is 30.5 Å². The summed E-state index contributed by atoms with van der Waals surface area (Å²) in [5, 5.41) is 4.50. The average Bonchev–Trinajstić information content (AvgIpc) is 2.67. The largest absolute Gasteiger partial charge is 0.355 e. The Hall–Kier alpha value is -1.68. The van der Waals surface area contributed by atoms with E-state index in [4.69, 9.17) is 0 Å². The van der Waals surface area contributed by atoms with E-state index in [0.29, 0.717) is 0 Å². The van der Waals surface area contributed by atoms with Crippen molar-refractivity contribution in [1.29, 1.82) is 0 Å². The lowest BCUT2D eigenvalue weighted by molar-refractivity contribution is 0.724. The van der Waals surface area contributed by atoms with Crippen molar-refractivity contribution in [2.75, 3.05) is 31.1 Å². The molecule has 2 aromatic heterocycles. The number of rotatable bonds is 1. The molecular weight excluding hydrogens is 212 g/mol. The van der Waals surface area contributed by atoms with Crippen molar-refractivity contribution in [3.8, 4) is 0 Å². The predicted molar refractivity (Wildman–Crippen MR) is 69.2 cm³/mol. The minimum Gasteiger partial charge on any atom is -0.355 e. The summed E-state index contributed by atoms with van der Waals surface area (Å²) in [6, 6.07) is 8.18. The number of hydrogen-bond donors (Lipinski definition) is 1. The molecule has 0 amide bonds. The smallest absolute Gasteiger partial charge is 0.161 e. The van der Waals surface area contributed by atoms with Crippen molar-refractivity contribution in [1.82, 2.24) is 15.3 Å². The van der Waals surface area contributed by atoms with Crippen LogP contribution >= 0.6 is 0 Å². The summed E-state index contributed by atoms with van der Waals surface area (Å²) in [5.41, 5.74) is 0.835. The maximum absolute atomic E-state index is 4.63. The molecule has 0 bridgehead atoms. The molecule has 17 heavy (non-hydrogen) atoms. The minimum atomic E-state index is 0.835. The van der Waals surface area contributed by atoms with Crippen molar-refractivity contribution >= 4 is 16.9 Å². The summed E-state index contributed by atoms with van der Waals surface area (Å²) in [6.45, 7) is 4.22. The van der Waals surface area contributed by atoms with E-state index in [1.165, 1.54) is 6.42 Å². The summed E-state index contributed by atoms with van der Waals surface area (Å²) < 4.78 is 0. The van der Waals surface area contributed by atoms with Gasteiger partial charge in [-0.3, -0.25) is 0 Å². The molecule has 4 nitrogen and oxygen atoms in total. The third kappa shape index (κ3) is 2.22. The highest BCUT2D eigenvalue weighted by molar-refractivity contribution is 5.76. The van der Waals surface area contributed by atoms with Crippen LogP contribution in [0.15, 0.2) is 30.5 Å². The number of aromatic nitrogens is 2. The summed E-state index contributed by atoms with van der Waals surface area (Å²) in [4.78, 5) is 11.3. The van der Waals surface area contributed by atoms with Gasteiger partial charge in [0.05, 0.1) is 0 Å².